The van der Waals surface area contributed by atoms with Crippen LogP contribution in [0, 0.1) is 5.82 Å². The Balaban J connectivity index is 2.44. The lowest BCUT2D eigenvalue weighted by Crippen LogP contribution is -2.25. The van der Waals surface area contributed by atoms with Gasteiger partial charge in [-0.15, -0.1) is 0 Å². The number of nitrogens with one attached hydrogen (secondary N) is 1. The van der Waals surface area contributed by atoms with Crippen molar-refractivity contribution in [3.8, 4) is 0 Å². The van der Waals surface area contributed by atoms with Crippen LogP contribution in [0.3, 0.4) is 0 Å². The highest BCUT2D eigenvalue weighted by Crippen LogP contribution is 2.19. The Morgan fingerprint density at radius 2 is 1.80 bits per heavy atom. The van der Waals surface area contributed by atoms with E-state index in [0.717, 1.165) is 31.4 Å². The number of nitrogen functional groups attached to an aromatic ring is 1. The van der Waals surface area contributed by atoms with E-state index in [4.69, 9.17) is 5.73 Å². The van der Waals surface area contributed by atoms with Gasteiger partial charge in [-0.05, 0) is 24.6 Å². The van der Waals surface area contributed by atoms with Gasteiger partial charge in [0.1, 0.15) is 10.7 Å². The van der Waals surface area contributed by atoms with Gasteiger partial charge in [0.05, 0.1) is 5.69 Å². The molecule has 3 N–H and O–H groups in total. The fourth-order valence-corrected chi connectivity index (χ4v) is 3.15. The summed E-state index contributed by atoms with van der Waals surface area (Å²) in [6, 6.07) is 3.34. The summed E-state index contributed by atoms with van der Waals surface area (Å²) in [4.78, 5) is -0.191. The van der Waals surface area contributed by atoms with Crippen LogP contribution < -0.4 is 10.5 Å². The van der Waals surface area contributed by atoms with Crippen LogP contribution in [0.1, 0.15) is 45.4 Å². The first-order valence-electron chi connectivity index (χ1n) is 7.02. The molecule has 0 atom stereocenters. The van der Waals surface area contributed by atoms with Crippen LogP contribution >= 0.6 is 0 Å². The van der Waals surface area contributed by atoms with Crippen molar-refractivity contribution in [3.05, 3.63) is 24.0 Å². The highest BCUT2D eigenvalue weighted by molar-refractivity contribution is 7.89. The third kappa shape index (κ3) is 5.46. The van der Waals surface area contributed by atoms with Crippen LogP contribution in [0.25, 0.3) is 0 Å². The summed E-state index contributed by atoms with van der Waals surface area (Å²) in [6.45, 7) is 2.50. The highest BCUT2D eigenvalue weighted by Gasteiger charge is 2.17. The maximum atomic E-state index is 13.1. The maximum Gasteiger partial charge on any atom is 0.242 e. The van der Waals surface area contributed by atoms with E-state index >= 15 is 0 Å². The van der Waals surface area contributed by atoms with Gasteiger partial charge < -0.3 is 5.73 Å². The van der Waals surface area contributed by atoms with Crippen molar-refractivity contribution < 1.29 is 12.8 Å². The molecule has 0 unspecified atom stereocenters. The molecule has 0 radical (unpaired) electrons. The van der Waals surface area contributed by atoms with Crippen molar-refractivity contribution in [2.75, 3.05) is 12.3 Å². The molecule has 0 saturated heterocycles. The van der Waals surface area contributed by atoms with Crippen LogP contribution in [-0.4, -0.2) is 15.0 Å². The quantitative estimate of drug-likeness (QED) is 0.544. The lowest BCUT2D eigenvalue weighted by atomic mass is 10.1. The largest absolute Gasteiger partial charge is 0.398 e. The van der Waals surface area contributed by atoms with E-state index in [1.807, 2.05) is 0 Å². The van der Waals surface area contributed by atoms with Crippen LogP contribution in [0.5, 0.6) is 0 Å². The van der Waals surface area contributed by atoms with Gasteiger partial charge in [0.2, 0.25) is 10.0 Å². The SMILES string of the molecule is CCCCCCCCNS(=O)(=O)c1cc(F)ccc1N. The molecule has 4 nitrogen and oxygen atoms in total. The molecule has 114 valence electrons. The molecule has 0 fully saturated rings. The van der Waals surface area contributed by atoms with E-state index in [1.165, 1.54) is 25.3 Å². The molecule has 1 aromatic carbocycles. The lowest BCUT2D eigenvalue weighted by Gasteiger charge is -2.09. The van der Waals surface area contributed by atoms with Crippen molar-refractivity contribution in [1.29, 1.82) is 0 Å². The number of sulfonamides is 1. The van der Waals surface area contributed by atoms with Crippen molar-refractivity contribution in [1.82, 2.24) is 4.72 Å². The molecule has 1 aromatic rings. The zero-order valence-corrected chi connectivity index (χ0v) is 12.7. The van der Waals surface area contributed by atoms with E-state index < -0.39 is 15.8 Å². The van der Waals surface area contributed by atoms with Gasteiger partial charge in [-0.1, -0.05) is 39.0 Å². The summed E-state index contributed by atoms with van der Waals surface area (Å²) < 4.78 is 39.5. The summed E-state index contributed by atoms with van der Waals surface area (Å²) in [5.41, 5.74) is 5.63. The van der Waals surface area contributed by atoms with Crippen molar-refractivity contribution in [3.63, 3.8) is 0 Å². The zero-order chi connectivity index (χ0) is 15.0. The third-order valence-electron chi connectivity index (χ3n) is 3.09. The number of anilines is 1. The minimum atomic E-state index is -3.73. The molecule has 1 rings (SSSR count). The van der Waals surface area contributed by atoms with Gasteiger partial charge in [-0.3, -0.25) is 0 Å². The molecule has 20 heavy (non-hydrogen) atoms. The average molecular weight is 302 g/mol. The molecule has 6 heteroatoms. The molecule has 0 heterocycles. The Kier molecular flexibility index (Phi) is 6.95. The second-order valence-corrected chi connectivity index (χ2v) is 6.58. The summed E-state index contributed by atoms with van der Waals surface area (Å²) in [5.74, 6) is -0.612. The predicted molar refractivity (Wildman–Crippen MR) is 79.4 cm³/mol. The van der Waals surface area contributed by atoms with Crippen LogP contribution in [0.2, 0.25) is 0 Å². The second-order valence-electron chi connectivity index (χ2n) is 4.85. The van der Waals surface area contributed by atoms with Crippen molar-refractivity contribution >= 4 is 15.7 Å². The fourth-order valence-electron chi connectivity index (χ4n) is 1.93. The van der Waals surface area contributed by atoms with Gasteiger partial charge in [0, 0.05) is 6.54 Å². The summed E-state index contributed by atoms with van der Waals surface area (Å²) in [6.07, 6.45) is 6.45. The van der Waals surface area contributed by atoms with Gasteiger partial charge >= 0.3 is 0 Å². The molecule has 0 saturated carbocycles. The van der Waals surface area contributed by atoms with Crippen LogP contribution in [-0.2, 0) is 10.0 Å². The normalized spacial score (nSPS) is 11.7. The minimum absolute atomic E-state index is 0.0573. The Labute approximate surface area is 120 Å². The van der Waals surface area contributed by atoms with Crippen molar-refractivity contribution in [2.45, 2.75) is 50.3 Å². The third-order valence-corrected chi connectivity index (χ3v) is 4.60. The molecular weight excluding hydrogens is 279 g/mol. The van der Waals surface area contributed by atoms with E-state index in [9.17, 15) is 12.8 Å². The molecule has 0 spiro atoms. The standard InChI is InChI=1S/C14H23FN2O2S/c1-2-3-4-5-6-7-10-17-20(18,19)14-11-12(15)8-9-13(14)16/h8-9,11,17H,2-7,10,16H2,1H3. The first-order chi connectivity index (χ1) is 9.47. The molecule has 0 aliphatic carbocycles. The first-order valence-corrected chi connectivity index (χ1v) is 8.50. The molecule has 0 aliphatic heterocycles. The first kappa shape index (κ1) is 16.9. The number of benzene rings is 1. The lowest BCUT2D eigenvalue weighted by molar-refractivity contribution is 0.565. The topological polar surface area (TPSA) is 72.2 Å². The number of hydrogen-bond acceptors (Lipinski definition) is 3. The Bertz CT molecular complexity index is 518. The smallest absolute Gasteiger partial charge is 0.242 e. The van der Waals surface area contributed by atoms with Gasteiger partial charge in [-0.25, -0.2) is 17.5 Å². The zero-order valence-electron chi connectivity index (χ0n) is 11.9. The highest BCUT2D eigenvalue weighted by atomic mass is 32.2. The van der Waals surface area contributed by atoms with Crippen LogP contribution in [0.15, 0.2) is 23.1 Å². The van der Waals surface area contributed by atoms with E-state index in [2.05, 4.69) is 11.6 Å². The fraction of sp³-hybridized carbons (Fsp3) is 0.571. The number of rotatable bonds is 9. The van der Waals surface area contributed by atoms with Crippen LogP contribution in [0.4, 0.5) is 10.1 Å². The van der Waals surface area contributed by atoms with E-state index in [1.54, 1.807) is 0 Å². The Hall–Kier alpha value is -1.14. The maximum absolute atomic E-state index is 13.1. The van der Waals surface area contributed by atoms with Gasteiger partial charge in [0.15, 0.2) is 0 Å². The molecule has 0 aliphatic rings. The Morgan fingerprint density at radius 1 is 1.15 bits per heavy atom. The predicted octanol–water partition coefficient (Wildman–Crippen LogP) is 3.05. The molecule has 0 aromatic heterocycles. The van der Waals surface area contributed by atoms with E-state index in [-0.39, 0.29) is 10.6 Å². The average Bonchev–Trinajstić information content (AvgIpc) is 2.40. The van der Waals surface area contributed by atoms with Crippen molar-refractivity contribution in [2.24, 2.45) is 0 Å². The van der Waals surface area contributed by atoms with E-state index in [0.29, 0.717) is 6.54 Å². The van der Waals surface area contributed by atoms with Gasteiger partial charge in [-0.2, -0.15) is 0 Å². The number of halogens is 1. The second kappa shape index (κ2) is 8.21. The monoisotopic (exact) mass is 302 g/mol. The number of hydrogen-bond donors (Lipinski definition) is 2. The number of unbranched alkanes of at least 4 members (excludes halogenated alkanes) is 5. The molecule has 0 amide bonds. The Morgan fingerprint density at radius 3 is 2.50 bits per heavy atom. The summed E-state index contributed by atoms with van der Waals surface area (Å²) >= 11 is 0. The number of nitrogens with two attached hydrogens (primary N) is 1. The summed E-state index contributed by atoms with van der Waals surface area (Å²) in [5, 5.41) is 0. The van der Waals surface area contributed by atoms with Gasteiger partial charge in [0.25, 0.3) is 0 Å². The molecular formula is C14H23FN2O2S. The minimum Gasteiger partial charge on any atom is -0.398 e. The molecule has 0 bridgehead atoms. The summed E-state index contributed by atoms with van der Waals surface area (Å²) in [7, 11) is -3.73.